The molecule has 0 amide bonds. The Morgan fingerprint density at radius 2 is 1.94 bits per heavy atom. The molecule has 0 aliphatic rings. The fourth-order valence-corrected chi connectivity index (χ4v) is 1.20. The first kappa shape index (κ1) is 10.3. The molecule has 4 nitrogen and oxygen atoms in total. The van der Waals surface area contributed by atoms with Gasteiger partial charge in [0.2, 0.25) is 5.88 Å². The number of aromatic hydroxyl groups is 1. The van der Waals surface area contributed by atoms with E-state index in [0.717, 1.165) is 0 Å². The molecule has 0 aliphatic carbocycles. The normalized spacial score (nSPS) is 9.81. The third-order valence-electron chi connectivity index (χ3n) is 2.02. The van der Waals surface area contributed by atoms with Crippen molar-refractivity contribution in [2.75, 3.05) is 7.11 Å². The van der Waals surface area contributed by atoms with Crippen molar-refractivity contribution in [1.82, 2.24) is 4.98 Å². The van der Waals surface area contributed by atoms with E-state index in [2.05, 4.69) is 4.98 Å². The first-order valence-corrected chi connectivity index (χ1v) is 4.75. The van der Waals surface area contributed by atoms with E-state index < -0.39 is 0 Å². The van der Waals surface area contributed by atoms with E-state index >= 15 is 0 Å². The summed E-state index contributed by atoms with van der Waals surface area (Å²) in [5.74, 6) is 1.52. The minimum atomic E-state index is 0.0834. The molecule has 0 saturated carbocycles. The van der Waals surface area contributed by atoms with Crippen molar-refractivity contribution in [3.8, 4) is 23.1 Å². The summed E-state index contributed by atoms with van der Waals surface area (Å²) in [5, 5.41) is 9.50. The Hall–Kier alpha value is -2.23. The lowest BCUT2D eigenvalue weighted by molar-refractivity contribution is 0.394. The average molecular weight is 217 g/mol. The molecule has 1 N–H and O–H groups in total. The molecule has 2 rings (SSSR count). The number of aromatic nitrogens is 1. The maximum atomic E-state index is 9.50. The Labute approximate surface area is 93.1 Å². The molecule has 4 heteroatoms. The molecule has 0 unspecified atom stereocenters. The first-order chi connectivity index (χ1) is 7.79. The fourth-order valence-electron chi connectivity index (χ4n) is 1.20. The lowest BCUT2D eigenvalue weighted by Crippen LogP contribution is -1.89. The number of benzene rings is 1. The van der Waals surface area contributed by atoms with Gasteiger partial charge in [-0.2, -0.15) is 0 Å². The number of nitrogens with zero attached hydrogens (tertiary/aromatic N) is 1. The summed E-state index contributed by atoms with van der Waals surface area (Å²) in [5.41, 5.74) is 0. The van der Waals surface area contributed by atoms with Gasteiger partial charge in [-0.25, -0.2) is 4.98 Å². The van der Waals surface area contributed by atoms with Gasteiger partial charge in [0.25, 0.3) is 0 Å². The Morgan fingerprint density at radius 1 is 1.12 bits per heavy atom. The number of methoxy groups -OCH3 is 1. The van der Waals surface area contributed by atoms with Crippen LogP contribution in [0.15, 0.2) is 42.6 Å². The predicted molar refractivity (Wildman–Crippen MR) is 59.0 cm³/mol. The van der Waals surface area contributed by atoms with Crippen LogP contribution in [-0.2, 0) is 0 Å². The van der Waals surface area contributed by atoms with Gasteiger partial charge in [0.1, 0.15) is 5.75 Å². The van der Waals surface area contributed by atoms with Gasteiger partial charge < -0.3 is 14.6 Å². The van der Waals surface area contributed by atoms with E-state index in [1.807, 2.05) is 0 Å². The molecule has 0 radical (unpaired) electrons. The van der Waals surface area contributed by atoms with Crippen molar-refractivity contribution < 1.29 is 14.6 Å². The Bertz CT molecular complexity index is 468. The van der Waals surface area contributed by atoms with Gasteiger partial charge in [-0.3, -0.25) is 0 Å². The maximum absolute atomic E-state index is 9.50. The number of rotatable bonds is 3. The Kier molecular flexibility index (Phi) is 2.91. The topological polar surface area (TPSA) is 51.6 Å². The van der Waals surface area contributed by atoms with E-state index in [1.165, 1.54) is 0 Å². The van der Waals surface area contributed by atoms with Gasteiger partial charge in [-0.1, -0.05) is 12.1 Å². The molecule has 0 bridgehead atoms. The number of hydrogen-bond acceptors (Lipinski definition) is 4. The highest BCUT2D eigenvalue weighted by Gasteiger charge is 2.03. The van der Waals surface area contributed by atoms with Crippen molar-refractivity contribution in [1.29, 1.82) is 0 Å². The molecule has 1 heterocycles. The molecule has 0 atom stereocenters. The van der Waals surface area contributed by atoms with Crippen molar-refractivity contribution in [3.05, 3.63) is 42.6 Å². The lowest BCUT2D eigenvalue weighted by atomic mass is 10.3. The molecular weight excluding hydrogens is 206 g/mol. The third-order valence-corrected chi connectivity index (χ3v) is 2.02. The van der Waals surface area contributed by atoms with Gasteiger partial charge in [0.15, 0.2) is 11.5 Å². The third kappa shape index (κ3) is 2.23. The number of para-hydroxylation sites is 2. The van der Waals surface area contributed by atoms with E-state index in [1.54, 1.807) is 49.7 Å². The minimum absolute atomic E-state index is 0.0834. The second-order valence-corrected chi connectivity index (χ2v) is 3.11. The zero-order chi connectivity index (χ0) is 11.4. The van der Waals surface area contributed by atoms with E-state index in [-0.39, 0.29) is 5.75 Å². The highest BCUT2D eigenvalue weighted by atomic mass is 16.5. The van der Waals surface area contributed by atoms with Gasteiger partial charge in [-0.15, -0.1) is 0 Å². The van der Waals surface area contributed by atoms with Crippen molar-refractivity contribution in [3.63, 3.8) is 0 Å². The van der Waals surface area contributed by atoms with E-state index in [9.17, 15) is 5.11 Å². The second kappa shape index (κ2) is 4.53. The quantitative estimate of drug-likeness (QED) is 0.858. The van der Waals surface area contributed by atoms with Crippen LogP contribution in [0, 0.1) is 0 Å². The largest absolute Gasteiger partial charge is 0.504 e. The molecule has 82 valence electrons. The first-order valence-electron chi connectivity index (χ1n) is 4.75. The highest BCUT2D eigenvalue weighted by molar-refractivity contribution is 5.40. The summed E-state index contributed by atoms with van der Waals surface area (Å²) in [7, 11) is 1.57. The maximum Gasteiger partial charge on any atom is 0.219 e. The van der Waals surface area contributed by atoms with Crippen LogP contribution in [0.2, 0.25) is 0 Å². The van der Waals surface area contributed by atoms with Gasteiger partial charge >= 0.3 is 0 Å². The van der Waals surface area contributed by atoms with Crippen LogP contribution >= 0.6 is 0 Å². The van der Waals surface area contributed by atoms with E-state index in [4.69, 9.17) is 9.47 Å². The molecule has 16 heavy (non-hydrogen) atoms. The fraction of sp³-hybridized carbons (Fsp3) is 0.0833. The van der Waals surface area contributed by atoms with Crippen molar-refractivity contribution in [2.45, 2.75) is 0 Å². The lowest BCUT2D eigenvalue weighted by Gasteiger charge is -2.06. The number of hydrogen-bond donors (Lipinski definition) is 1. The summed E-state index contributed by atoms with van der Waals surface area (Å²) < 4.78 is 10.4. The summed E-state index contributed by atoms with van der Waals surface area (Å²) in [4.78, 5) is 4.03. The molecular formula is C12H11NO3. The monoisotopic (exact) mass is 217 g/mol. The molecule has 0 spiro atoms. The smallest absolute Gasteiger partial charge is 0.219 e. The van der Waals surface area contributed by atoms with Crippen LogP contribution in [0.25, 0.3) is 0 Å². The van der Waals surface area contributed by atoms with Crippen LogP contribution in [0.3, 0.4) is 0 Å². The van der Waals surface area contributed by atoms with Crippen molar-refractivity contribution >= 4 is 0 Å². The molecule has 1 aromatic heterocycles. The summed E-state index contributed by atoms with van der Waals surface area (Å²) in [6, 6.07) is 10.1. The molecule has 2 aromatic rings. The second-order valence-electron chi connectivity index (χ2n) is 3.11. The minimum Gasteiger partial charge on any atom is -0.504 e. The van der Waals surface area contributed by atoms with Crippen LogP contribution in [0.5, 0.6) is 23.1 Å². The molecule has 0 saturated heterocycles. The Balaban J connectivity index is 2.18. The van der Waals surface area contributed by atoms with Crippen LogP contribution < -0.4 is 9.47 Å². The van der Waals surface area contributed by atoms with Gasteiger partial charge in [-0.05, 0) is 18.2 Å². The zero-order valence-electron chi connectivity index (χ0n) is 8.75. The standard InChI is InChI=1S/C12H11NO3/c1-15-9-6-7-12(13-8-9)16-11-5-3-2-4-10(11)14/h2-8,14H,1H3. The van der Waals surface area contributed by atoms with Crippen LogP contribution in [0.1, 0.15) is 0 Å². The summed E-state index contributed by atoms with van der Waals surface area (Å²) >= 11 is 0. The number of pyridine rings is 1. The summed E-state index contributed by atoms with van der Waals surface area (Å²) in [6.07, 6.45) is 1.55. The number of phenolic OH excluding ortho intramolecular Hbond substituents is 1. The average Bonchev–Trinajstić information content (AvgIpc) is 2.33. The predicted octanol–water partition coefficient (Wildman–Crippen LogP) is 2.59. The summed E-state index contributed by atoms with van der Waals surface area (Å²) in [6.45, 7) is 0. The van der Waals surface area contributed by atoms with Gasteiger partial charge in [0, 0.05) is 6.07 Å². The Morgan fingerprint density at radius 3 is 2.56 bits per heavy atom. The van der Waals surface area contributed by atoms with Crippen LogP contribution in [-0.4, -0.2) is 17.2 Å². The molecule has 1 aromatic carbocycles. The SMILES string of the molecule is COc1ccc(Oc2ccccc2O)nc1. The van der Waals surface area contributed by atoms with E-state index in [0.29, 0.717) is 17.4 Å². The number of ether oxygens (including phenoxy) is 2. The number of phenols is 1. The molecule has 0 aliphatic heterocycles. The zero-order valence-corrected chi connectivity index (χ0v) is 8.75. The van der Waals surface area contributed by atoms with Crippen molar-refractivity contribution in [2.24, 2.45) is 0 Å². The van der Waals surface area contributed by atoms with Crippen LogP contribution in [0.4, 0.5) is 0 Å². The van der Waals surface area contributed by atoms with Gasteiger partial charge in [0.05, 0.1) is 13.3 Å². The highest BCUT2D eigenvalue weighted by Crippen LogP contribution is 2.29. The molecule has 0 fully saturated rings.